The van der Waals surface area contributed by atoms with Crippen molar-refractivity contribution in [3.63, 3.8) is 0 Å². The molecular formula is C16H28BrNO3. The Morgan fingerprint density at radius 2 is 1.86 bits per heavy atom. The van der Waals surface area contributed by atoms with Crippen LogP contribution in [0.25, 0.3) is 0 Å². The normalized spacial score (nSPS) is 27.9. The Morgan fingerprint density at radius 1 is 1.19 bits per heavy atom. The number of hydrogen-bond acceptors (Lipinski definition) is 3. The molecule has 1 aliphatic carbocycles. The molecule has 1 heterocycles. The Hall–Kier alpha value is -0.290. The average Bonchev–Trinajstić information content (AvgIpc) is 2.77. The van der Waals surface area contributed by atoms with E-state index in [1.54, 1.807) is 4.90 Å². The van der Waals surface area contributed by atoms with Crippen LogP contribution in [0.15, 0.2) is 0 Å². The van der Waals surface area contributed by atoms with Crippen molar-refractivity contribution in [3.05, 3.63) is 0 Å². The van der Waals surface area contributed by atoms with Crippen LogP contribution >= 0.6 is 15.9 Å². The zero-order valence-corrected chi connectivity index (χ0v) is 15.0. The second-order valence-electron chi connectivity index (χ2n) is 7.28. The van der Waals surface area contributed by atoms with Crippen LogP contribution in [-0.2, 0) is 9.47 Å². The number of halogens is 1. The van der Waals surface area contributed by atoms with E-state index in [-0.39, 0.29) is 17.0 Å². The van der Waals surface area contributed by atoms with Crippen molar-refractivity contribution in [1.82, 2.24) is 4.90 Å². The van der Waals surface area contributed by atoms with E-state index < -0.39 is 5.60 Å². The molecule has 2 atom stereocenters. The predicted octanol–water partition coefficient (Wildman–Crippen LogP) is 3.97. The molecule has 0 aromatic heterocycles. The van der Waals surface area contributed by atoms with Gasteiger partial charge in [0.2, 0.25) is 0 Å². The van der Waals surface area contributed by atoms with Gasteiger partial charge in [-0.3, -0.25) is 0 Å². The Labute approximate surface area is 136 Å². The van der Waals surface area contributed by atoms with Gasteiger partial charge < -0.3 is 14.4 Å². The van der Waals surface area contributed by atoms with Crippen molar-refractivity contribution in [2.45, 2.75) is 69.4 Å². The van der Waals surface area contributed by atoms with E-state index in [1.807, 2.05) is 20.8 Å². The summed E-state index contributed by atoms with van der Waals surface area (Å²) in [6.45, 7) is 7.79. The first-order valence-electron chi connectivity index (χ1n) is 8.09. The first-order valence-corrected chi connectivity index (χ1v) is 9.00. The minimum atomic E-state index is -0.445. The van der Waals surface area contributed by atoms with Crippen molar-refractivity contribution in [2.75, 3.05) is 19.7 Å². The summed E-state index contributed by atoms with van der Waals surface area (Å²) in [5.41, 5.74) is -0.445. The molecule has 4 nitrogen and oxygen atoms in total. The van der Waals surface area contributed by atoms with Crippen molar-refractivity contribution in [1.29, 1.82) is 0 Å². The van der Waals surface area contributed by atoms with Crippen molar-refractivity contribution < 1.29 is 14.3 Å². The highest BCUT2D eigenvalue weighted by molar-refractivity contribution is 9.09. The molecule has 1 saturated carbocycles. The zero-order chi connectivity index (χ0) is 15.5. The van der Waals surface area contributed by atoms with E-state index >= 15 is 0 Å². The van der Waals surface area contributed by atoms with Gasteiger partial charge in [0.05, 0.1) is 17.5 Å². The minimum absolute atomic E-state index is 0.0828. The lowest BCUT2D eigenvalue weighted by atomic mass is 9.90. The molecule has 2 aliphatic rings. The molecule has 1 aliphatic heterocycles. The number of amides is 1. The zero-order valence-electron chi connectivity index (χ0n) is 13.4. The minimum Gasteiger partial charge on any atom is -0.444 e. The van der Waals surface area contributed by atoms with Crippen LogP contribution in [-0.4, -0.2) is 47.2 Å². The summed E-state index contributed by atoms with van der Waals surface area (Å²) in [4.78, 5) is 14.0. The lowest BCUT2D eigenvalue weighted by molar-refractivity contribution is 0.0129. The second kappa shape index (κ2) is 7.32. The number of carbonyl (C=O) groups excluding carboxylic acids is 1. The number of alkyl halides is 1. The Kier molecular flexibility index (Phi) is 5.95. The van der Waals surface area contributed by atoms with Crippen LogP contribution in [0.1, 0.15) is 52.9 Å². The first-order chi connectivity index (χ1) is 9.85. The van der Waals surface area contributed by atoms with Crippen LogP contribution in [0.2, 0.25) is 0 Å². The lowest BCUT2D eigenvalue weighted by Crippen LogP contribution is -2.36. The van der Waals surface area contributed by atoms with E-state index in [1.165, 1.54) is 32.1 Å². The van der Waals surface area contributed by atoms with Crippen LogP contribution in [0.5, 0.6) is 0 Å². The van der Waals surface area contributed by atoms with Gasteiger partial charge in [0.15, 0.2) is 0 Å². The number of nitrogens with zero attached hydrogens (tertiary/aromatic N) is 1. The summed E-state index contributed by atoms with van der Waals surface area (Å²) in [7, 11) is 0. The standard InChI is InChI=1S/C16H28BrNO3/c1-16(2,3)21-15(19)18-9-13(17)14(10-18)20-11-12-7-5-4-6-8-12/h12-14H,4-11H2,1-3H3. The largest absolute Gasteiger partial charge is 0.444 e. The molecule has 1 saturated heterocycles. The number of ether oxygens (including phenoxy) is 2. The number of carbonyl (C=O) groups is 1. The lowest BCUT2D eigenvalue weighted by Gasteiger charge is -2.25. The fourth-order valence-corrected chi connectivity index (χ4v) is 3.65. The third kappa shape index (κ3) is 5.44. The molecule has 2 fully saturated rings. The summed E-state index contributed by atoms with van der Waals surface area (Å²) in [5, 5.41) is 0. The third-order valence-corrected chi connectivity index (χ3v) is 5.00. The van der Waals surface area contributed by atoms with Gasteiger partial charge >= 0.3 is 6.09 Å². The summed E-state index contributed by atoms with van der Waals surface area (Å²) in [6.07, 6.45) is 6.45. The molecule has 0 aromatic rings. The fraction of sp³-hybridized carbons (Fsp3) is 0.938. The quantitative estimate of drug-likeness (QED) is 0.714. The molecule has 21 heavy (non-hydrogen) atoms. The Balaban J connectivity index is 1.76. The van der Waals surface area contributed by atoms with Crippen LogP contribution in [0.3, 0.4) is 0 Å². The summed E-state index contributed by atoms with van der Waals surface area (Å²) in [5.74, 6) is 0.703. The maximum atomic E-state index is 12.1. The van der Waals surface area contributed by atoms with Crippen molar-refractivity contribution >= 4 is 22.0 Å². The van der Waals surface area contributed by atoms with E-state index in [9.17, 15) is 4.79 Å². The SMILES string of the molecule is CC(C)(C)OC(=O)N1CC(Br)C(OCC2CCCCC2)C1. The van der Waals surface area contributed by atoms with E-state index in [4.69, 9.17) is 9.47 Å². The molecule has 122 valence electrons. The average molecular weight is 362 g/mol. The van der Waals surface area contributed by atoms with Gasteiger partial charge in [-0.2, -0.15) is 0 Å². The monoisotopic (exact) mass is 361 g/mol. The molecule has 2 unspecified atom stereocenters. The van der Waals surface area contributed by atoms with Gasteiger partial charge in [-0.1, -0.05) is 35.2 Å². The van der Waals surface area contributed by atoms with Gasteiger partial charge in [-0.25, -0.2) is 4.79 Å². The first kappa shape index (κ1) is 17.1. The molecule has 5 heteroatoms. The highest BCUT2D eigenvalue weighted by atomic mass is 79.9. The number of likely N-dealkylation sites (tertiary alicyclic amines) is 1. The highest BCUT2D eigenvalue weighted by Gasteiger charge is 2.36. The maximum Gasteiger partial charge on any atom is 0.410 e. The van der Waals surface area contributed by atoms with E-state index in [2.05, 4.69) is 15.9 Å². The molecule has 0 radical (unpaired) electrons. The smallest absolute Gasteiger partial charge is 0.410 e. The molecule has 1 amide bonds. The third-order valence-electron chi connectivity index (χ3n) is 4.12. The maximum absolute atomic E-state index is 12.1. The number of rotatable bonds is 3. The summed E-state index contributed by atoms with van der Waals surface area (Å²) in [6, 6.07) is 0. The van der Waals surface area contributed by atoms with Crippen molar-refractivity contribution in [2.24, 2.45) is 5.92 Å². The molecule has 0 bridgehead atoms. The molecule has 0 spiro atoms. The van der Waals surface area contributed by atoms with Gasteiger partial charge in [-0.05, 0) is 39.5 Å². The molecular weight excluding hydrogens is 334 g/mol. The van der Waals surface area contributed by atoms with E-state index in [0.29, 0.717) is 19.0 Å². The molecule has 0 N–H and O–H groups in total. The Morgan fingerprint density at radius 3 is 2.48 bits per heavy atom. The van der Waals surface area contributed by atoms with Gasteiger partial charge in [0.25, 0.3) is 0 Å². The predicted molar refractivity (Wildman–Crippen MR) is 86.8 cm³/mol. The number of hydrogen-bond donors (Lipinski definition) is 0. The van der Waals surface area contributed by atoms with Gasteiger partial charge in [-0.15, -0.1) is 0 Å². The van der Waals surface area contributed by atoms with Crippen molar-refractivity contribution in [3.8, 4) is 0 Å². The summed E-state index contributed by atoms with van der Waals surface area (Å²) >= 11 is 3.64. The van der Waals surface area contributed by atoms with Crippen LogP contribution < -0.4 is 0 Å². The molecule has 2 rings (SSSR count). The van der Waals surface area contributed by atoms with Crippen LogP contribution in [0.4, 0.5) is 4.79 Å². The fourth-order valence-electron chi connectivity index (χ4n) is 2.98. The summed E-state index contributed by atoms with van der Waals surface area (Å²) < 4.78 is 11.5. The van der Waals surface area contributed by atoms with Gasteiger partial charge in [0, 0.05) is 13.2 Å². The van der Waals surface area contributed by atoms with E-state index in [0.717, 1.165) is 6.61 Å². The second-order valence-corrected chi connectivity index (χ2v) is 8.45. The molecule has 0 aromatic carbocycles. The topological polar surface area (TPSA) is 38.8 Å². The Bertz CT molecular complexity index is 350. The van der Waals surface area contributed by atoms with Crippen LogP contribution in [0, 0.1) is 5.92 Å². The van der Waals surface area contributed by atoms with Gasteiger partial charge in [0.1, 0.15) is 5.60 Å². The highest BCUT2D eigenvalue weighted by Crippen LogP contribution is 2.27.